The Morgan fingerprint density at radius 3 is 2.84 bits per heavy atom. The molecule has 0 radical (unpaired) electrons. The molecule has 0 unspecified atom stereocenters. The van der Waals surface area contributed by atoms with Crippen molar-refractivity contribution in [3.8, 4) is 0 Å². The molecule has 0 aliphatic heterocycles. The topological polar surface area (TPSA) is 83.8 Å². The number of benzene rings is 1. The van der Waals surface area contributed by atoms with Crippen LogP contribution in [-0.2, 0) is 13.0 Å². The van der Waals surface area contributed by atoms with Crippen LogP contribution in [-0.4, -0.2) is 16.1 Å². The van der Waals surface area contributed by atoms with Crippen LogP contribution in [0, 0.1) is 0 Å². The number of aryl methyl sites for hydroxylation is 1. The number of hydrogen-bond acceptors (Lipinski definition) is 3. The standard InChI is InChI=1S/C13H15BrN4O/c1-2-10-11(15)12(18-17-10)13(19)16-7-8-5-3-4-6-9(8)14/h3-6H,2,7,15H2,1H3,(H,16,19)(H,17,18). The van der Waals surface area contributed by atoms with Gasteiger partial charge in [0.05, 0.1) is 11.4 Å². The van der Waals surface area contributed by atoms with Crippen LogP contribution in [0.15, 0.2) is 28.7 Å². The number of halogens is 1. The summed E-state index contributed by atoms with van der Waals surface area (Å²) in [5, 5.41) is 9.52. The number of amides is 1. The quantitative estimate of drug-likeness (QED) is 0.807. The summed E-state index contributed by atoms with van der Waals surface area (Å²) in [6.07, 6.45) is 0.719. The van der Waals surface area contributed by atoms with Crippen molar-refractivity contribution in [3.63, 3.8) is 0 Å². The van der Waals surface area contributed by atoms with Gasteiger partial charge in [-0.05, 0) is 18.1 Å². The van der Waals surface area contributed by atoms with Crippen molar-refractivity contribution in [2.45, 2.75) is 19.9 Å². The highest BCUT2D eigenvalue weighted by Crippen LogP contribution is 2.17. The van der Waals surface area contributed by atoms with Gasteiger partial charge < -0.3 is 11.1 Å². The molecule has 100 valence electrons. The highest BCUT2D eigenvalue weighted by molar-refractivity contribution is 9.10. The lowest BCUT2D eigenvalue weighted by Gasteiger charge is -2.06. The zero-order valence-electron chi connectivity index (χ0n) is 10.5. The first-order valence-electron chi connectivity index (χ1n) is 5.97. The summed E-state index contributed by atoms with van der Waals surface area (Å²) in [6, 6.07) is 7.72. The van der Waals surface area contributed by atoms with E-state index in [0.717, 1.165) is 22.2 Å². The number of nitrogens with two attached hydrogens (primary N) is 1. The maximum absolute atomic E-state index is 12.0. The highest BCUT2D eigenvalue weighted by Gasteiger charge is 2.16. The Morgan fingerprint density at radius 2 is 2.21 bits per heavy atom. The normalized spacial score (nSPS) is 10.4. The molecule has 2 aromatic rings. The number of carbonyl (C=O) groups excluding carboxylic acids is 1. The van der Waals surface area contributed by atoms with E-state index >= 15 is 0 Å². The van der Waals surface area contributed by atoms with Gasteiger partial charge in [-0.3, -0.25) is 9.89 Å². The van der Waals surface area contributed by atoms with Crippen LogP contribution < -0.4 is 11.1 Å². The molecule has 2 rings (SSSR count). The number of carbonyl (C=O) groups is 1. The Hall–Kier alpha value is -1.82. The fraction of sp³-hybridized carbons (Fsp3) is 0.231. The van der Waals surface area contributed by atoms with E-state index in [1.54, 1.807) is 0 Å². The number of nitrogens with one attached hydrogen (secondary N) is 2. The summed E-state index contributed by atoms with van der Waals surface area (Å²) in [5.74, 6) is -0.274. The highest BCUT2D eigenvalue weighted by atomic mass is 79.9. The predicted octanol–water partition coefficient (Wildman–Crippen LogP) is 2.25. The van der Waals surface area contributed by atoms with E-state index in [0.29, 0.717) is 12.2 Å². The molecule has 1 aromatic heterocycles. The molecule has 0 saturated heterocycles. The smallest absolute Gasteiger partial charge is 0.274 e. The van der Waals surface area contributed by atoms with Crippen LogP contribution in [0.25, 0.3) is 0 Å². The van der Waals surface area contributed by atoms with Gasteiger partial charge in [-0.15, -0.1) is 0 Å². The largest absolute Gasteiger partial charge is 0.395 e. The van der Waals surface area contributed by atoms with E-state index in [2.05, 4.69) is 31.4 Å². The number of aromatic amines is 1. The number of anilines is 1. The fourth-order valence-electron chi connectivity index (χ4n) is 1.73. The van der Waals surface area contributed by atoms with Gasteiger partial charge in [-0.2, -0.15) is 5.10 Å². The number of nitrogens with zero attached hydrogens (tertiary/aromatic N) is 1. The summed E-state index contributed by atoms with van der Waals surface area (Å²) in [6.45, 7) is 2.38. The van der Waals surface area contributed by atoms with Gasteiger partial charge in [0.1, 0.15) is 0 Å². The Bertz CT molecular complexity index is 594. The van der Waals surface area contributed by atoms with Crippen molar-refractivity contribution >= 4 is 27.5 Å². The zero-order chi connectivity index (χ0) is 13.8. The van der Waals surface area contributed by atoms with Gasteiger partial charge in [0.25, 0.3) is 5.91 Å². The molecular weight excluding hydrogens is 308 g/mol. The monoisotopic (exact) mass is 322 g/mol. The molecule has 0 aliphatic rings. The molecule has 6 heteroatoms. The molecule has 1 heterocycles. The lowest BCUT2D eigenvalue weighted by atomic mass is 10.2. The van der Waals surface area contributed by atoms with E-state index in [1.807, 2.05) is 31.2 Å². The average molecular weight is 323 g/mol. The number of rotatable bonds is 4. The lowest BCUT2D eigenvalue weighted by molar-refractivity contribution is 0.0946. The Labute approximate surface area is 119 Å². The van der Waals surface area contributed by atoms with E-state index in [9.17, 15) is 4.79 Å². The van der Waals surface area contributed by atoms with Crippen molar-refractivity contribution in [1.29, 1.82) is 0 Å². The van der Waals surface area contributed by atoms with Gasteiger partial charge in [0, 0.05) is 11.0 Å². The Morgan fingerprint density at radius 1 is 1.47 bits per heavy atom. The molecule has 0 bridgehead atoms. The molecule has 1 amide bonds. The van der Waals surface area contributed by atoms with E-state index < -0.39 is 0 Å². The SMILES string of the molecule is CCc1[nH]nc(C(=O)NCc2ccccc2Br)c1N. The van der Waals surface area contributed by atoms with Gasteiger partial charge >= 0.3 is 0 Å². The molecule has 5 nitrogen and oxygen atoms in total. The Kier molecular flexibility index (Phi) is 4.21. The second-order valence-corrected chi connectivity index (χ2v) is 4.95. The summed E-state index contributed by atoms with van der Waals surface area (Å²) in [4.78, 5) is 12.0. The minimum absolute atomic E-state index is 0.254. The van der Waals surface area contributed by atoms with Gasteiger partial charge in [0.15, 0.2) is 5.69 Å². The molecule has 0 fully saturated rings. The van der Waals surface area contributed by atoms with Crippen LogP contribution >= 0.6 is 15.9 Å². The molecule has 0 atom stereocenters. The third-order valence-corrected chi connectivity index (χ3v) is 3.62. The minimum atomic E-state index is -0.274. The van der Waals surface area contributed by atoms with Gasteiger partial charge in [-0.1, -0.05) is 41.1 Å². The molecule has 1 aromatic carbocycles. The lowest BCUT2D eigenvalue weighted by Crippen LogP contribution is -2.24. The molecule has 0 spiro atoms. The second-order valence-electron chi connectivity index (χ2n) is 4.09. The predicted molar refractivity (Wildman–Crippen MR) is 77.7 cm³/mol. The second kappa shape index (κ2) is 5.88. The van der Waals surface area contributed by atoms with Crippen LogP contribution in [0.4, 0.5) is 5.69 Å². The van der Waals surface area contributed by atoms with Crippen molar-refractivity contribution in [3.05, 3.63) is 45.7 Å². The first-order valence-corrected chi connectivity index (χ1v) is 6.77. The Balaban J connectivity index is 2.06. The number of hydrogen-bond donors (Lipinski definition) is 3. The zero-order valence-corrected chi connectivity index (χ0v) is 12.1. The van der Waals surface area contributed by atoms with Crippen molar-refractivity contribution in [2.24, 2.45) is 0 Å². The maximum Gasteiger partial charge on any atom is 0.274 e. The summed E-state index contributed by atoms with van der Waals surface area (Å²) >= 11 is 3.43. The third kappa shape index (κ3) is 2.96. The van der Waals surface area contributed by atoms with E-state index in [4.69, 9.17) is 5.73 Å². The van der Waals surface area contributed by atoms with Crippen LogP contribution in [0.2, 0.25) is 0 Å². The summed E-state index contributed by atoms with van der Waals surface area (Å²) in [7, 11) is 0. The summed E-state index contributed by atoms with van der Waals surface area (Å²) in [5.41, 5.74) is 8.31. The van der Waals surface area contributed by atoms with E-state index in [-0.39, 0.29) is 11.6 Å². The van der Waals surface area contributed by atoms with Crippen molar-refractivity contribution in [1.82, 2.24) is 15.5 Å². The number of nitrogen functional groups attached to an aromatic ring is 1. The maximum atomic E-state index is 12.0. The van der Waals surface area contributed by atoms with Crippen LogP contribution in [0.3, 0.4) is 0 Å². The molecule has 0 aliphatic carbocycles. The van der Waals surface area contributed by atoms with Crippen molar-refractivity contribution in [2.75, 3.05) is 5.73 Å². The number of H-pyrrole nitrogens is 1. The van der Waals surface area contributed by atoms with Crippen molar-refractivity contribution < 1.29 is 4.79 Å². The molecule has 4 N–H and O–H groups in total. The third-order valence-electron chi connectivity index (χ3n) is 2.85. The van der Waals surface area contributed by atoms with Gasteiger partial charge in [0.2, 0.25) is 0 Å². The molecule has 0 saturated carbocycles. The minimum Gasteiger partial charge on any atom is -0.395 e. The number of aromatic nitrogens is 2. The molecule has 19 heavy (non-hydrogen) atoms. The first-order chi connectivity index (χ1) is 9.13. The van der Waals surface area contributed by atoms with Crippen LogP contribution in [0.1, 0.15) is 28.7 Å². The molecular formula is C13H15BrN4O. The van der Waals surface area contributed by atoms with Gasteiger partial charge in [-0.25, -0.2) is 0 Å². The summed E-state index contributed by atoms with van der Waals surface area (Å²) < 4.78 is 0.958. The van der Waals surface area contributed by atoms with Crippen LogP contribution in [0.5, 0.6) is 0 Å². The first kappa shape index (κ1) is 13.6. The van der Waals surface area contributed by atoms with E-state index in [1.165, 1.54) is 0 Å². The average Bonchev–Trinajstić information content (AvgIpc) is 2.78. The fourth-order valence-corrected chi connectivity index (χ4v) is 2.16.